The van der Waals surface area contributed by atoms with Crippen LogP contribution in [-0.2, 0) is 29.1 Å². The van der Waals surface area contributed by atoms with E-state index < -0.39 is 33.1 Å². The number of Topliss-reactive ketones (excluding diaryl/α,β-unsaturated/α-hetero) is 1. The molecule has 0 spiro atoms. The van der Waals surface area contributed by atoms with Crippen molar-refractivity contribution in [2.75, 3.05) is 39.4 Å². The third kappa shape index (κ3) is 5.30. The highest BCUT2D eigenvalue weighted by Crippen LogP contribution is 2.37. The molecule has 2 amide bonds. The molecule has 0 radical (unpaired) electrons. The second-order valence-electron chi connectivity index (χ2n) is 10.8. The Morgan fingerprint density at radius 1 is 1.08 bits per heavy atom. The van der Waals surface area contributed by atoms with Gasteiger partial charge in [-0.3, -0.25) is 14.4 Å². The number of likely N-dealkylation sites (tertiary alicyclic amines) is 1. The lowest BCUT2D eigenvalue weighted by Crippen LogP contribution is -2.48. The molecule has 208 valence electrons. The Morgan fingerprint density at radius 3 is 2.53 bits per heavy atom. The summed E-state index contributed by atoms with van der Waals surface area (Å²) in [6.45, 7) is 1.82. The first-order valence-electron chi connectivity index (χ1n) is 13.7. The lowest BCUT2D eigenvalue weighted by Gasteiger charge is -2.33. The van der Waals surface area contributed by atoms with Crippen molar-refractivity contribution in [1.82, 2.24) is 14.1 Å². The number of carbonyl (C=O) groups is 3. The number of hydrogen-bond acceptors (Lipinski definition) is 7. The van der Waals surface area contributed by atoms with Crippen LogP contribution in [-0.4, -0.2) is 91.6 Å². The predicted octanol–water partition coefficient (Wildman–Crippen LogP) is 0.698. The quantitative estimate of drug-likeness (QED) is 0.362. The lowest BCUT2D eigenvalue weighted by molar-refractivity contribution is -0.646. The molecule has 3 unspecified atom stereocenters. The fourth-order valence-electron chi connectivity index (χ4n) is 6.56. The van der Waals surface area contributed by atoms with Gasteiger partial charge in [0, 0.05) is 44.1 Å². The Kier molecular flexibility index (Phi) is 8.01. The summed E-state index contributed by atoms with van der Waals surface area (Å²) >= 11 is 0. The number of rotatable bonds is 7. The van der Waals surface area contributed by atoms with E-state index in [4.69, 9.17) is 4.74 Å². The number of nitrogens with zero attached hydrogens (tertiary/aromatic N) is 4. The van der Waals surface area contributed by atoms with E-state index in [-0.39, 0.29) is 41.8 Å². The minimum atomic E-state index is -4.23. The van der Waals surface area contributed by atoms with Gasteiger partial charge in [-0.2, -0.15) is 9.04 Å². The highest BCUT2D eigenvalue weighted by atomic mass is 32.2. The fraction of sp³-hybridized carbons (Fsp3) is 0.692. The van der Waals surface area contributed by atoms with Crippen molar-refractivity contribution in [3.63, 3.8) is 0 Å². The van der Waals surface area contributed by atoms with Crippen LogP contribution in [0.1, 0.15) is 51.4 Å². The van der Waals surface area contributed by atoms with Crippen LogP contribution in [0, 0.1) is 17.0 Å². The molecule has 4 fully saturated rings. The molecule has 0 aromatic carbocycles. The standard InChI is InChI=1S/C26H36N4O7S/c31-22-18-30(38(35,36)24-8-4-5-10-29(24)34)21-9-11-28(25(21)22)26(33)20(16-19-6-2-1-3-7-19)17-23(32)27-12-14-37-15-13-27/h4-5,8,10,19-21,25H,1-3,6-7,9,11-18H2. The lowest BCUT2D eigenvalue weighted by atomic mass is 9.81. The number of pyridine rings is 1. The van der Waals surface area contributed by atoms with E-state index in [1.54, 1.807) is 4.90 Å². The smallest absolute Gasteiger partial charge is 0.323 e. The minimum absolute atomic E-state index is 0.0794. The molecule has 0 bridgehead atoms. The van der Waals surface area contributed by atoms with E-state index >= 15 is 0 Å². The zero-order valence-electron chi connectivity index (χ0n) is 21.6. The number of amides is 2. The predicted molar refractivity (Wildman–Crippen MR) is 135 cm³/mol. The molecule has 5 rings (SSSR count). The molecule has 3 atom stereocenters. The number of hydrogen-bond donors (Lipinski definition) is 0. The number of sulfonamides is 1. The number of carbonyl (C=O) groups excluding carboxylic acids is 3. The Morgan fingerprint density at radius 2 is 1.82 bits per heavy atom. The molecule has 0 N–H and O–H groups in total. The van der Waals surface area contributed by atoms with Crippen LogP contribution in [0.3, 0.4) is 0 Å². The molecular formula is C26H36N4O7S. The van der Waals surface area contributed by atoms with Crippen molar-refractivity contribution in [1.29, 1.82) is 0 Å². The molecule has 1 saturated carbocycles. The van der Waals surface area contributed by atoms with Crippen LogP contribution in [0.4, 0.5) is 0 Å². The van der Waals surface area contributed by atoms with Gasteiger partial charge in [0.05, 0.1) is 25.8 Å². The Balaban J connectivity index is 1.35. The first-order valence-corrected chi connectivity index (χ1v) is 15.1. The van der Waals surface area contributed by atoms with Crippen LogP contribution in [0.2, 0.25) is 0 Å². The van der Waals surface area contributed by atoms with Gasteiger partial charge in [-0.25, -0.2) is 8.42 Å². The molecular weight excluding hydrogens is 512 g/mol. The van der Waals surface area contributed by atoms with Gasteiger partial charge < -0.3 is 19.7 Å². The van der Waals surface area contributed by atoms with E-state index in [2.05, 4.69) is 0 Å². The van der Waals surface area contributed by atoms with Crippen molar-refractivity contribution >= 4 is 27.6 Å². The second kappa shape index (κ2) is 11.3. The van der Waals surface area contributed by atoms with Crippen LogP contribution in [0.15, 0.2) is 29.4 Å². The summed E-state index contributed by atoms with van der Waals surface area (Å²) in [7, 11) is -4.23. The second-order valence-corrected chi connectivity index (χ2v) is 12.7. The van der Waals surface area contributed by atoms with Crippen molar-refractivity contribution in [3.8, 4) is 0 Å². The SMILES string of the molecule is O=C1CN(S(=O)(=O)c2cccc[n+]2[O-])C2CCN(C(=O)C(CC(=O)N3CCOCC3)CC3CCCCC3)C12. The maximum Gasteiger partial charge on any atom is 0.323 e. The van der Waals surface area contributed by atoms with Crippen LogP contribution < -0.4 is 4.73 Å². The summed E-state index contributed by atoms with van der Waals surface area (Å²) in [6, 6.07) is 2.50. The van der Waals surface area contributed by atoms with Gasteiger partial charge in [0.1, 0.15) is 6.04 Å². The van der Waals surface area contributed by atoms with Gasteiger partial charge in [-0.05, 0) is 24.8 Å². The molecule has 1 aromatic heterocycles. The van der Waals surface area contributed by atoms with Crippen LogP contribution in [0.25, 0.3) is 0 Å². The van der Waals surface area contributed by atoms with Crippen LogP contribution >= 0.6 is 0 Å². The van der Waals surface area contributed by atoms with Gasteiger partial charge in [-0.15, -0.1) is 0 Å². The fourth-order valence-corrected chi connectivity index (χ4v) is 8.21. The molecule has 3 saturated heterocycles. The number of ketones is 1. The molecule has 3 aliphatic heterocycles. The molecule has 11 nitrogen and oxygen atoms in total. The van der Waals surface area contributed by atoms with E-state index in [1.165, 1.54) is 29.5 Å². The zero-order valence-corrected chi connectivity index (χ0v) is 22.4. The summed E-state index contributed by atoms with van der Waals surface area (Å²) < 4.78 is 33.4. The molecule has 12 heteroatoms. The maximum atomic E-state index is 14.0. The Labute approximate surface area is 223 Å². The number of morpholine rings is 1. The van der Waals surface area contributed by atoms with Gasteiger partial charge in [0.25, 0.3) is 0 Å². The summed E-state index contributed by atoms with van der Waals surface area (Å²) in [5.74, 6) is -0.868. The monoisotopic (exact) mass is 548 g/mol. The normalized spacial score (nSPS) is 25.9. The van der Waals surface area contributed by atoms with Crippen molar-refractivity contribution in [2.45, 2.75) is 68.5 Å². The summed E-state index contributed by atoms with van der Waals surface area (Å²) in [4.78, 5) is 43.5. The molecule has 4 aliphatic rings. The Hall–Kier alpha value is -2.57. The van der Waals surface area contributed by atoms with E-state index in [1.807, 2.05) is 0 Å². The van der Waals surface area contributed by atoms with E-state index in [0.717, 1.165) is 36.2 Å². The summed E-state index contributed by atoms with van der Waals surface area (Å²) in [5.41, 5.74) is 0. The van der Waals surface area contributed by atoms with E-state index in [9.17, 15) is 28.0 Å². The number of fused-ring (bicyclic) bond motifs is 1. The third-order valence-electron chi connectivity index (χ3n) is 8.50. The van der Waals surface area contributed by atoms with Gasteiger partial charge in [0.2, 0.25) is 11.8 Å². The molecule has 1 aliphatic carbocycles. The van der Waals surface area contributed by atoms with E-state index in [0.29, 0.717) is 45.1 Å². The van der Waals surface area contributed by atoms with Gasteiger partial charge >= 0.3 is 15.0 Å². The molecule has 1 aromatic rings. The highest BCUT2D eigenvalue weighted by molar-refractivity contribution is 7.89. The van der Waals surface area contributed by atoms with Crippen molar-refractivity contribution < 1.29 is 32.3 Å². The Bertz CT molecular complexity index is 1160. The average Bonchev–Trinajstić information content (AvgIpc) is 3.50. The topological polar surface area (TPSA) is 131 Å². The van der Waals surface area contributed by atoms with Gasteiger partial charge in [-0.1, -0.05) is 32.1 Å². The minimum Gasteiger partial charge on any atom is -0.618 e. The number of ether oxygens (including phenoxy) is 1. The highest BCUT2D eigenvalue weighted by Gasteiger charge is 2.55. The van der Waals surface area contributed by atoms with Crippen LogP contribution in [0.5, 0.6) is 0 Å². The zero-order chi connectivity index (χ0) is 26.9. The third-order valence-corrected chi connectivity index (χ3v) is 10.4. The average molecular weight is 549 g/mol. The first kappa shape index (κ1) is 27.0. The maximum absolute atomic E-state index is 14.0. The molecule has 4 heterocycles. The van der Waals surface area contributed by atoms with Crippen molar-refractivity contribution in [3.05, 3.63) is 29.6 Å². The molecule has 38 heavy (non-hydrogen) atoms. The summed E-state index contributed by atoms with van der Waals surface area (Å²) in [6.07, 6.45) is 7.55. The van der Waals surface area contributed by atoms with Crippen molar-refractivity contribution in [2.24, 2.45) is 11.8 Å². The largest absolute Gasteiger partial charge is 0.618 e. The number of aromatic nitrogens is 1. The summed E-state index contributed by atoms with van der Waals surface area (Å²) in [5, 5.41) is 11.8. The van der Waals surface area contributed by atoms with Gasteiger partial charge in [0.15, 0.2) is 12.0 Å². The first-order chi connectivity index (χ1) is 18.3.